The van der Waals surface area contributed by atoms with Crippen molar-refractivity contribution < 1.29 is 35.4 Å². The van der Waals surface area contributed by atoms with E-state index in [2.05, 4.69) is 0 Å². The Morgan fingerprint density at radius 2 is 0.741 bits per heavy atom. The fourth-order valence-corrected chi connectivity index (χ4v) is 7.40. The van der Waals surface area contributed by atoms with Crippen LogP contribution in [0.1, 0.15) is 22.8 Å². The maximum Gasteiger partial charge on any atom is 2.00 e. The van der Waals surface area contributed by atoms with E-state index < -0.39 is 0 Å². The Labute approximate surface area is 345 Å². The van der Waals surface area contributed by atoms with Gasteiger partial charge in [0.2, 0.25) is 0 Å². The molecule has 5 heterocycles. The molecule has 288 valence electrons. The van der Waals surface area contributed by atoms with Crippen molar-refractivity contribution in [3.63, 3.8) is 0 Å². The van der Waals surface area contributed by atoms with Crippen molar-refractivity contribution in [2.24, 2.45) is 5.73 Å². The van der Waals surface area contributed by atoms with Gasteiger partial charge < -0.3 is 34.6 Å². The first kappa shape index (κ1) is 37.9. The van der Waals surface area contributed by atoms with Crippen LogP contribution in [-0.2, 0) is 16.5 Å². The summed E-state index contributed by atoms with van der Waals surface area (Å²) in [7, 11) is 6.63. The third-order valence-electron chi connectivity index (χ3n) is 10.3. The molecule has 0 saturated carbocycles. The number of aromatic nitrogens is 4. The second-order valence-corrected chi connectivity index (χ2v) is 13.5. The van der Waals surface area contributed by atoms with Gasteiger partial charge in [0.1, 0.15) is 23.0 Å². The van der Waals surface area contributed by atoms with Crippen molar-refractivity contribution in [3.8, 4) is 67.5 Å². The molecule has 2 N–H and O–H groups in total. The molecule has 9 nitrogen and oxygen atoms in total. The fraction of sp³-hybridized carbons (Fsp3) is 0.0833. The molecule has 0 aliphatic carbocycles. The summed E-state index contributed by atoms with van der Waals surface area (Å²) in [5, 5.41) is 0. The van der Waals surface area contributed by atoms with Crippen molar-refractivity contribution in [3.05, 3.63) is 144 Å². The predicted octanol–water partition coefficient (Wildman–Crippen LogP) is 9.90. The summed E-state index contributed by atoms with van der Waals surface area (Å²) < 4.78 is 22.1. The zero-order chi connectivity index (χ0) is 39.0. The Kier molecular flexibility index (Phi) is 10.3. The minimum atomic E-state index is 0. The van der Waals surface area contributed by atoms with E-state index in [4.69, 9.17) is 44.6 Å². The number of methoxy groups -OCH3 is 4. The molecule has 0 atom stereocenters. The van der Waals surface area contributed by atoms with E-state index >= 15 is 0 Å². The van der Waals surface area contributed by atoms with Gasteiger partial charge in [0.15, 0.2) is 0 Å². The Morgan fingerprint density at radius 3 is 1.17 bits per heavy atom. The summed E-state index contributed by atoms with van der Waals surface area (Å²) in [5.41, 5.74) is 20.2. The zero-order valence-electron chi connectivity index (χ0n) is 32.1. The number of ether oxygens (including phenoxy) is 4. The second kappa shape index (κ2) is 15.8. The van der Waals surface area contributed by atoms with E-state index in [-0.39, 0.29) is 16.5 Å². The van der Waals surface area contributed by atoms with Crippen LogP contribution in [0, 0.1) is 0 Å². The summed E-state index contributed by atoms with van der Waals surface area (Å²) >= 11 is 0. The molecular weight excluding hydrogens is 769 g/mol. The topological polar surface area (TPSA) is 117 Å². The molecule has 4 aromatic carbocycles. The number of nitrogens with zero attached hydrogens (tertiary/aromatic N) is 4. The van der Waals surface area contributed by atoms with Crippen LogP contribution >= 0.6 is 0 Å². The fourth-order valence-electron chi connectivity index (χ4n) is 7.40. The molecule has 0 spiro atoms. The molecule has 9 rings (SSSR count). The predicted molar refractivity (Wildman–Crippen MR) is 228 cm³/mol. The number of rotatable bonds is 8. The molecule has 10 heteroatoms. The van der Waals surface area contributed by atoms with Crippen LogP contribution in [0.15, 0.2) is 121 Å². The summed E-state index contributed by atoms with van der Waals surface area (Å²) in [4.78, 5) is 21.3. The molecular formula is C48H37N5NiO4. The van der Waals surface area contributed by atoms with E-state index in [0.29, 0.717) is 22.6 Å². The first-order valence-corrected chi connectivity index (χ1v) is 18.4. The monoisotopic (exact) mass is 805 g/mol. The third kappa shape index (κ3) is 6.88. The van der Waals surface area contributed by atoms with Crippen LogP contribution in [0.4, 0.5) is 0 Å². The van der Waals surface area contributed by atoms with Crippen LogP contribution in [-0.4, -0.2) is 38.4 Å². The van der Waals surface area contributed by atoms with Gasteiger partial charge in [-0.05, 0) is 106 Å². The zero-order valence-corrected chi connectivity index (χ0v) is 33.1. The molecule has 3 aromatic heterocycles. The SMILES string of the molecule is COc1ccc(-c2c3nc(c(-c4ccc(OC)cc4)c4ccc([n-]4)c(-c4ccc(OC)cc4)c4ccc([n-]4)c(-c4ccc(OC)cc4)c4nc2C=C4N)C=C3)cc1.[Ni+2]. The summed E-state index contributed by atoms with van der Waals surface area (Å²) in [5.74, 6) is 2.99. The number of benzene rings is 4. The van der Waals surface area contributed by atoms with E-state index in [9.17, 15) is 0 Å². The van der Waals surface area contributed by atoms with Gasteiger partial charge in [0.05, 0.1) is 56.9 Å². The molecule has 2 aliphatic rings. The van der Waals surface area contributed by atoms with Gasteiger partial charge in [0, 0.05) is 5.56 Å². The van der Waals surface area contributed by atoms with Gasteiger partial charge >= 0.3 is 16.5 Å². The Hall–Kier alpha value is -7.03. The van der Waals surface area contributed by atoms with Crippen LogP contribution < -0.4 is 34.6 Å². The minimum absolute atomic E-state index is 0. The molecule has 7 aromatic rings. The minimum Gasteiger partial charge on any atom is -0.657 e. The van der Waals surface area contributed by atoms with Crippen molar-refractivity contribution >= 4 is 46.0 Å². The maximum absolute atomic E-state index is 6.98. The van der Waals surface area contributed by atoms with Crippen molar-refractivity contribution in [1.82, 2.24) is 19.9 Å². The normalized spacial score (nSPS) is 11.8. The molecule has 0 radical (unpaired) electrons. The van der Waals surface area contributed by atoms with Crippen molar-refractivity contribution in [2.45, 2.75) is 0 Å². The molecule has 0 fully saturated rings. The standard InChI is InChI=1S/C48H37N5O4.Ni/c1-54-32-13-5-28(6-14-32)44-37-21-22-38(50-37)45(29-7-15-33(55-2)16-8-29)40-25-26-42(52-40)47(31-11-19-35(57-4)20-12-31)48-36(49)27-43(53-48)46(41-24-23-39(44)51-41)30-9-17-34(56-3)18-10-30;/h5-27H,49H2,1-4H3;/q-2;+2. The number of fused-ring (bicyclic) bond motifs is 8. The number of nitrogens with two attached hydrogens (primary N) is 1. The molecule has 8 bridgehead atoms. The van der Waals surface area contributed by atoms with Gasteiger partial charge in [-0.25, -0.2) is 9.97 Å². The van der Waals surface area contributed by atoms with E-state index in [1.807, 2.05) is 140 Å². The van der Waals surface area contributed by atoms with E-state index in [1.54, 1.807) is 28.4 Å². The second-order valence-electron chi connectivity index (χ2n) is 13.5. The summed E-state index contributed by atoms with van der Waals surface area (Å²) in [6.07, 6.45) is 5.98. The van der Waals surface area contributed by atoms with Gasteiger partial charge in [0.25, 0.3) is 0 Å². The molecule has 58 heavy (non-hydrogen) atoms. The first-order valence-electron chi connectivity index (χ1n) is 18.4. The molecule has 0 saturated heterocycles. The van der Waals surface area contributed by atoms with Crippen molar-refractivity contribution in [1.29, 1.82) is 0 Å². The smallest absolute Gasteiger partial charge is 0.657 e. The Bertz CT molecular complexity index is 2880. The molecule has 2 aliphatic heterocycles. The van der Waals surface area contributed by atoms with E-state index in [1.165, 1.54) is 0 Å². The van der Waals surface area contributed by atoms with Gasteiger partial charge in [-0.2, -0.15) is 0 Å². The average Bonchev–Trinajstić information content (AvgIpc) is 4.09. The quantitative estimate of drug-likeness (QED) is 0.150. The van der Waals surface area contributed by atoms with Gasteiger partial charge in [-0.3, -0.25) is 0 Å². The molecule has 0 amide bonds. The van der Waals surface area contributed by atoms with Crippen LogP contribution in [0.3, 0.4) is 0 Å². The van der Waals surface area contributed by atoms with Gasteiger partial charge in [-0.1, -0.05) is 72.8 Å². The number of hydrogen-bond acceptors (Lipinski definition) is 7. The Balaban J connectivity index is 0.00000469. The van der Waals surface area contributed by atoms with Crippen molar-refractivity contribution in [2.75, 3.05) is 28.4 Å². The van der Waals surface area contributed by atoms with Crippen LogP contribution in [0.25, 0.3) is 90.5 Å². The summed E-state index contributed by atoms with van der Waals surface area (Å²) in [6, 6.07) is 39.8. The van der Waals surface area contributed by atoms with E-state index in [0.717, 1.165) is 95.4 Å². The molecule has 0 unspecified atom stereocenters. The van der Waals surface area contributed by atoms with Gasteiger partial charge in [-0.15, -0.1) is 22.1 Å². The third-order valence-corrected chi connectivity index (χ3v) is 10.3. The summed E-state index contributed by atoms with van der Waals surface area (Å²) in [6.45, 7) is 0. The average molecular weight is 807 g/mol. The first-order chi connectivity index (χ1) is 27.9. The largest absolute Gasteiger partial charge is 2.00 e. The maximum atomic E-state index is 6.98. The number of hydrogen-bond donors (Lipinski definition) is 1. The van der Waals surface area contributed by atoms with Crippen LogP contribution in [0.5, 0.6) is 23.0 Å². The van der Waals surface area contributed by atoms with Crippen LogP contribution in [0.2, 0.25) is 0 Å². The Morgan fingerprint density at radius 1 is 0.397 bits per heavy atom.